The summed E-state index contributed by atoms with van der Waals surface area (Å²) in [5, 5.41) is 13.1. The number of hydrogen-bond donors (Lipinski definition) is 1. The maximum atomic E-state index is 15.6. The molecule has 5 aliphatic rings. The zero-order valence-electron chi connectivity index (χ0n) is 32.6. The number of benzene rings is 1. The van der Waals surface area contributed by atoms with Crippen LogP contribution in [0.2, 0.25) is 0 Å². The second-order valence-electron chi connectivity index (χ2n) is 18.6. The number of hydrogen-bond acceptors (Lipinski definition) is 7. The first-order valence-electron chi connectivity index (χ1n) is 19.8. The maximum absolute atomic E-state index is 15.6. The summed E-state index contributed by atoms with van der Waals surface area (Å²) in [4.78, 5) is 56.1. The molecule has 1 N–H and O–H groups in total. The molecule has 0 aromatic heterocycles. The van der Waals surface area contributed by atoms with Crippen molar-refractivity contribution < 1.29 is 33.8 Å². The summed E-state index contributed by atoms with van der Waals surface area (Å²) in [6.45, 7) is 18.1. The maximum Gasteiger partial charge on any atom is 0.338 e. The predicted octanol–water partition coefficient (Wildman–Crippen LogP) is 8.71. The molecule has 0 amide bonds. The molecule has 5 aliphatic carbocycles. The van der Waals surface area contributed by atoms with Crippen LogP contribution in [0.25, 0.3) is 0 Å². The lowest BCUT2D eigenvalue weighted by Crippen LogP contribution is -2.71. The normalized spacial score (nSPS) is 39.3. The predicted molar refractivity (Wildman–Crippen MR) is 196 cm³/mol. The van der Waals surface area contributed by atoms with Gasteiger partial charge in [0.25, 0.3) is 0 Å². The zero-order chi connectivity index (χ0) is 37.3. The highest BCUT2D eigenvalue weighted by molar-refractivity contribution is 6.02. The van der Waals surface area contributed by atoms with Gasteiger partial charge in [-0.15, -0.1) is 0 Å². The van der Waals surface area contributed by atoms with Gasteiger partial charge in [-0.25, -0.2) is 4.79 Å². The highest BCUT2D eigenvalue weighted by Gasteiger charge is 2.71. The zero-order valence-corrected chi connectivity index (χ0v) is 32.6. The highest BCUT2D eigenvalue weighted by atomic mass is 16.6. The van der Waals surface area contributed by atoms with Crippen LogP contribution in [0.3, 0.4) is 0 Å². The van der Waals surface area contributed by atoms with Gasteiger partial charge < -0.3 is 14.6 Å². The Morgan fingerprint density at radius 1 is 0.882 bits per heavy atom. The van der Waals surface area contributed by atoms with E-state index in [9.17, 15) is 19.5 Å². The third kappa shape index (κ3) is 5.96. The number of esters is 2. The van der Waals surface area contributed by atoms with Gasteiger partial charge in [-0.1, -0.05) is 85.9 Å². The lowest BCUT2D eigenvalue weighted by Gasteiger charge is -2.64. The van der Waals surface area contributed by atoms with Crippen LogP contribution in [0.15, 0.2) is 41.5 Å². The molecule has 0 saturated heterocycles. The number of rotatable bonds is 8. The minimum Gasteiger partial charge on any atom is -0.455 e. The lowest BCUT2D eigenvalue weighted by atomic mass is 9.41. The molecule has 0 spiro atoms. The van der Waals surface area contributed by atoms with Crippen LogP contribution in [-0.2, 0) is 23.9 Å². The molecule has 0 aliphatic heterocycles. The molecule has 280 valence electrons. The number of Topliss-reactive ketones (excluding diaryl/α,β-unsaturated/α-hetero) is 2. The van der Waals surface area contributed by atoms with Crippen LogP contribution in [0, 0.1) is 57.7 Å². The van der Waals surface area contributed by atoms with Gasteiger partial charge in [-0.05, 0) is 110 Å². The summed E-state index contributed by atoms with van der Waals surface area (Å²) >= 11 is 0. The van der Waals surface area contributed by atoms with E-state index in [0.717, 1.165) is 25.7 Å². The van der Waals surface area contributed by atoms with Crippen molar-refractivity contribution in [3.8, 4) is 0 Å². The van der Waals surface area contributed by atoms with Crippen LogP contribution >= 0.6 is 0 Å². The first kappa shape index (κ1) is 37.9. The number of fused-ring (bicyclic) bond motifs is 7. The molecular weight excluding hydrogens is 640 g/mol. The summed E-state index contributed by atoms with van der Waals surface area (Å²) < 4.78 is 12.5. The Hall–Kier alpha value is -2.80. The molecular formula is C44H62O7. The average molecular weight is 703 g/mol. The molecule has 2 bridgehead atoms. The van der Waals surface area contributed by atoms with Crippen molar-refractivity contribution in [1.82, 2.24) is 0 Å². The van der Waals surface area contributed by atoms with Crippen LogP contribution in [-0.4, -0.2) is 46.4 Å². The Balaban J connectivity index is 1.45. The highest BCUT2D eigenvalue weighted by Crippen LogP contribution is 2.69. The summed E-state index contributed by atoms with van der Waals surface area (Å²) in [7, 11) is 0. The number of aliphatic hydroxyl groups is 1. The Bertz CT molecular complexity index is 1570. The largest absolute Gasteiger partial charge is 0.455 e. The van der Waals surface area contributed by atoms with Gasteiger partial charge in [-0.3, -0.25) is 14.4 Å². The van der Waals surface area contributed by atoms with Gasteiger partial charge >= 0.3 is 11.9 Å². The van der Waals surface area contributed by atoms with E-state index in [0.29, 0.717) is 46.8 Å². The van der Waals surface area contributed by atoms with Gasteiger partial charge in [0.05, 0.1) is 5.56 Å². The minimum absolute atomic E-state index is 0.0463. The van der Waals surface area contributed by atoms with E-state index in [1.165, 1.54) is 32.6 Å². The molecule has 1 aromatic rings. The fourth-order valence-corrected chi connectivity index (χ4v) is 12.6. The van der Waals surface area contributed by atoms with E-state index in [4.69, 9.17) is 9.47 Å². The van der Waals surface area contributed by atoms with Crippen LogP contribution in [0.5, 0.6) is 0 Å². The van der Waals surface area contributed by atoms with Crippen LogP contribution in [0.4, 0.5) is 0 Å². The molecule has 51 heavy (non-hydrogen) atoms. The van der Waals surface area contributed by atoms with Gasteiger partial charge in [-0.2, -0.15) is 0 Å². The summed E-state index contributed by atoms with van der Waals surface area (Å²) in [6, 6.07) is 8.73. The minimum atomic E-state index is -1.84. The monoisotopic (exact) mass is 702 g/mol. The molecule has 11 atom stereocenters. The molecule has 6 rings (SSSR count). The average Bonchev–Trinajstić information content (AvgIpc) is 3.43. The molecule has 0 heterocycles. The van der Waals surface area contributed by atoms with E-state index in [-0.39, 0.29) is 35.2 Å². The van der Waals surface area contributed by atoms with Gasteiger partial charge in [0.1, 0.15) is 11.7 Å². The quantitative estimate of drug-likeness (QED) is 0.270. The first-order chi connectivity index (χ1) is 23.9. The van der Waals surface area contributed by atoms with E-state index < -0.39 is 46.5 Å². The molecule has 7 nitrogen and oxygen atoms in total. The summed E-state index contributed by atoms with van der Waals surface area (Å²) in [5.41, 5.74) is -2.94. The molecule has 7 heteroatoms. The standard InChI is InChI=1S/C44H62O7/c1-25(2)14-13-15-26(3)31-20-21-32-30-18-19-34-39(51-40(48)29-16-11-10-12-17-29)44(49)24-35(46)27(4)36(41(44,6)7)37(50-28(5)45)38(47)43(34,9)33(30)22-23-42(31,32)8/h10-12,16-17,25-26,30-34,37,39,49H,13-15,18-24H2,1-9H3/t26-,30+,31-,32+,33+,34+,37-,39+,42-,43-,44-/m1/s1. The Morgan fingerprint density at radius 2 is 1.55 bits per heavy atom. The van der Waals surface area contributed by atoms with Crippen molar-refractivity contribution in [2.24, 2.45) is 57.7 Å². The van der Waals surface area contributed by atoms with E-state index in [1.807, 2.05) is 13.0 Å². The van der Waals surface area contributed by atoms with E-state index in [1.54, 1.807) is 45.0 Å². The first-order valence-corrected chi connectivity index (χ1v) is 19.8. The fourth-order valence-electron chi connectivity index (χ4n) is 12.6. The topological polar surface area (TPSA) is 107 Å². The van der Waals surface area contributed by atoms with Crippen LogP contribution < -0.4 is 0 Å². The molecule has 4 saturated carbocycles. The van der Waals surface area contributed by atoms with Crippen molar-refractivity contribution in [3.63, 3.8) is 0 Å². The number of allylic oxidation sites excluding steroid dienone is 1. The SMILES string of the molecule is CC(=O)O[C@H]1C(=O)[C@]2(C)[C@H]3CC[C@]4(C)[C@@H]([C@H](C)CCCC(C)C)CC[C@H]4[C@@H]3CC[C@H]2[C@H](OC(=O)c2ccccc2)[C@]2(O)CC(=O)C(C)=C1C2(C)C. The van der Waals surface area contributed by atoms with Crippen molar-refractivity contribution in [2.75, 3.05) is 0 Å². The second kappa shape index (κ2) is 13.6. The van der Waals surface area contributed by atoms with Gasteiger partial charge in [0.15, 0.2) is 17.7 Å². The van der Waals surface area contributed by atoms with Gasteiger partial charge in [0.2, 0.25) is 0 Å². The van der Waals surface area contributed by atoms with Crippen molar-refractivity contribution in [3.05, 3.63) is 47.0 Å². The number of ether oxygens (including phenoxy) is 2. The summed E-state index contributed by atoms with van der Waals surface area (Å²) in [5.74, 6) is 0.372. The molecule has 0 radical (unpaired) electrons. The van der Waals surface area contributed by atoms with Crippen molar-refractivity contribution >= 4 is 23.5 Å². The van der Waals surface area contributed by atoms with Crippen molar-refractivity contribution in [1.29, 1.82) is 0 Å². The van der Waals surface area contributed by atoms with Crippen LogP contribution in [0.1, 0.15) is 137 Å². The number of ketones is 2. The molecule has 0 unspecified atom stereocenters. The van der Waals surface area contributed by atoms with Gasteiger partial charge in [0, 0.05) is 30.1 Å². The van der Waals surface area contributed by atoms with Crippen molar-refractivity contribution in [2.45, 2.75) is 144 Å². The third-order valence-corrected chi connectivity index (χ3v) is 15.4. The third-order valence-electron chi connectivity index (χ3n) is 15.4. The Labute approximate surface area is 305 Å². The number of carbonyl (C=O) groups is 4. The summed E-state index contributed by atoms with van der Waals surface area (Å²) in [6.07, 6.45) is 6.69. The lowest BCUT2D eigenvalue weighted by molar-refractivity contribution is -0.219. The van der Waals surface area contributed by atoms with E-state index >= 15 is 4.79 Å². The second-order valence-corrected chi connectivity index (χ2v) is 18.6. The number of carbonyl (C=O) groups excluding carboxylic acids is 4. The Morgan fingerprint density at radius 3 is 2.20 bits per heavy atom. The molecule has 1 aromatic carbocycles. The smallest absolute Gasteiger partial charge is 0.338 e. The van der Waals surface area contributed by atoms with E-state index in [2.05, 4.69) is 27.7 Å². The fraction of sp³-hybridized carbons (Fsp3) is 0.727. The Kier molecular flexibility index (Phi) is 10.1. The molecule has 4 fully saturated rings.